The molecule has 2 aliphatic carbocycles. The van der Waals surface area contributed by atoms with E-state index in [-0.39, 0.29) is 11.2 Å². The zero-order chi connectivity index (χ0) is 18.1. The number of Topliss-reactive ketones (excluding diaryl/α,β-unsaturated/α-hetero) is 1. The van der Waals surface area contributed by atoms with Crippen molar-refractivity contribution in [1.82, 2.24) is 10.2 Å². The summed E-state index contributed by atoms with van der Waals surface area (Å²) in [6.07, 6.45) is 5.77. The minimum Gasteiger partial charge on any atom is -0.507 e. The minimum atomic E-state index is 0.151. The Morgan fingerprint density at radius 1 is 1.15 bits per heavy atom. The van der Waals surface area contributed by atoms with E-state index in [1.54, 1.807) is 24.3 Å². The van der Waals surface area contributed by atoms with E-state index < -0.39 is 0 Å². The van der Waals surface area contributed by atoms with Crippen molar-refractivity contribution in [2.75, 3.05) is 5.73 Å². The number of nitrogen functional groups attached to an aromatic ring is 1. The molecule has 1 aromatic heterocycles. The predicted octanol–water partition coefficient (Wildman–Crippen LogP) is 3.32. The van der Waals surface area contributed by atoms with Crippen LogP contribution in [0.5, 0.6) is 5.75 Å². The van der Waals surface area contributed by atoms with Crippen molar-refractivity contribution in [3.05, 3.63) is 35.9 Å². The highest BCUT2D eigenvalue weighted by Crippen LogP contribution is 2.50. The van der Waals surface area contributed by atoms with E-state index in [9.17, 15) is 9.90 Å². The van der Waals surface area contributed by atoms with Gasteiger partial charge in [0.15, 0.2) is 5.82 Å². The molecule has 0 bridgehead atoms. The number of aromatic hydroxyl groups is 1. The topological polar surface area (TPSA) is 89.1 Å². The van der Waals surface area contributed by atoms with Crippen LogP contribution in [0, 0.1) is 23.2 Å². The summed E-state index contributed by atoms with van der Waals surface area (Å²) in [5, 5.41) is 18.1. The number of para-hydroxylation sites is 1. The zero-order valence-electron chi connectivity index (χ0n) is 14.5. The molecular weight excluding hydrogens is 326 g/mol. The molecule has 0 aliphatic heterocycles. The van der Waals surface area contributed by atoms with Gasteiger partial charge in [0.1, 0.15) is 11.5 Å². The molecule has 4 rings (SSSR count). The van der Waals surface area contributed by atoms with E-state index in [4.69, 9.17) is 5.73 Å². The third-order valence-electron chi connectivity index (χ3n) is 5.60. The van der Waals surface area contributed by atoms with Gasteiger partial charge in [0, 0.05) is 24.3 Å². The number of anilines is 1. The molecule has 26 heavy (non-hydrogen) atoms. The molecule has 5 heteroatoms. The highest BCUT2D eigenvalue weighted by molar-refractivity contribution is 5.86. The molecule has 1 heterocycles. The number of nitrogens with zero attached hydrogens (tertiary/aromatic N) is 2. The van der Waals surface area contributed by atoms with Gasteiger partial charge in [-0.3, -0.25) is 4.79 Å². The Morgan fingerprint density at radius 2 is 1.88 bits per heavy atom. The first-order valence-electron chi connectivity index (χ1n) is 8.99. The molecule has 1 spiro atoms. The highest BCUT2D eigenvalue weighted by Gasteiger charge is 2.45. The molecule has 0 radical (unpaired) electrons. The number of carbonyl (C=O) groups is 1. The molecule has 2 fully saturated rings. The standard InChI is InChI=1S/C21H21N3O2/c22-20-15(11-18(23-24-20)17-3-1-2-4-19(17)26)6-5-14-7-9-21(10-8-14)12-16(25)13-21/h1-4,11,14,26H,7-10,12-13H2,(H2,22,24). The summed E-state index contributed by atoms with van der Waals surface area (Å²) < 4.78 is 0. The van der Waals surface area contributed by atoms with Crippen LogP contribution in [-0.4, -0.2) is 21.1 Å². The smallest absolute Gasteiger partial charge is 0.161 e. The second-order valence-corrected chi connectivity index (χ2v) is 7.48. The Morgan fingerprint density at radius 3 is 2.58 bits per heavy atom. The number of nitrogens with two attached hydrogens (primary N) is 1. The second kappa shape index (κ2) is 6.45. The maximum atomic E-state index is 11.3. The fourth-order valence-electron chi connectivity index (χ4n) is 4.02. The first-order valence-corrected chi connectivity index (χ1v) is 8.99. The monoisotopic (exact) mass is 347 g/mol. The van der Waals surface area contributed by atoms with Gasteiger partial charge in [-0.05, 0) is 49.3 Å². The normalized spacial score (nSPS) is 18.8. The van der Waals surface area contributed by atoms with E-state index in [1.165, 1.54) is 0 Å². The number of hydrogen-bond donors (Lipinski definition) is 2. The van der Waals surface area contributed by atoms with Crippen LogP contribution >= 0.6 is 0 Å². The summed E-state index contributed by atoms with van der Waals surface area (Å²) in [4.78, 5) is 11.3. The Labute approximate surface area is 152 Å². The lowest BCUT2D eigenvalue weighted by Gasteiger charge is -2.44. The first kappa shape index (κ1) is 16.6. The molecule has 132 valence electrons. The van der Waals surface area contributed by atoms with Crippen LogP contribution in [0.1, 0.15) is 44.1 Å². The zero-order valence-corrected chi connectivity index (χ0v) is 14.5. The molecule has 1 aromatic carbocycles. The van der Waals surface area contributed by atoms with Crippen molar-refractivity contribution < 1.29 is 9.90 Å². The van der Waals surface area contributed by atoms with Crippen LogP contribution in [0.15, 0.2) is 30.3 Å². The Bertz CT molecular complexity index is 908. The van der Waals surface area contributed by atoms with E-state index in [2.05, 4.69) is 22.0 Å². The molecule has 2 aliphatic rings. The fraction of sp³-hybridized carbons (Fsp3) is 0.381. The molecule has 0 amide bonds. The van der Waals surface area contributed by atoms with Gasteiger partial charge < -0.3 is 10.8 Å². The van der Waals surface area contributed by atoms with Crippen LogP contribution in [0.3, 0.4) is 0 Å². The Balaban J connectivity index is 1.51. The van der Waals surface area contributed by atoms with E-state index >= 15 is 0 Å². The van der Waals surface area contributed by atoms with Crippen LogP contribution < -0.4 is 5.73 Å². The van der Waals surface area contributed by atoms with Gasteiger partial charge in [0.25, 0.3) is 0 Å². The van der Waals surface area contributed by atoms with Crippen LogP contribution in [0.4, 0.5) is 5.82 Å². The van der Waals surface area contributed by atoms with Crippen molar-refractivity contribution in [1.29, 1.82) is 0 Å². The fourth-order valence-corrected chi connectivity index (χ4v) is 4.02. The SMILES string of the molecule is Nc1nnc(-c2ccccc2O)cc1C#CC1CCC2(CC1)CC(=O)C2. The first-order chi connectivity index (χ1) is 12.5. The van der Waals surface area contributed by atoms with Crippen molar-refractivity contribution in [3.8, 4) is 28.8 Å². The molecular formula is C21H21N3O2. The number of rotatable bonds is 1. The van der Waals surface area contributed by atoms with Crippen molar-refractivity contribution in [3.63, 3.8) is 0 Å². The molecule has 2 saturated carbocycles. The summed E-state index contributed by atoms with van der Waals surface area (Å²) in [5.41, 5.74) is 8.01. The number of phenols is 1. The van der Waals surface area contributed by atoms with Gasteiger partial charge in [-0.1, -0.05) is 24.0 Å². The average Bonchev–Trinajstić information content (AvgIpc) is 2.62. The van der Waals surface area contributed by atoms with E-state index in [1.807, 2.05) is 6.07 Å². The van der Waals surface area contributed by atoms with E-state index in [0.29, 0.717) is 34.3 Å². The van der Waals surface area contributed by atoms with Gasteiger partial charge in [0.05, 0.1) is 11.3 Å². The van der Waals surface area contributed by atoms with Gasteiger partial charge in [-0.2, -0.15) is 0 Å². The largest absolute Gasteiger partial charge is 0.507 e. The Kier molecular flexibility index (Phi) is 4.12. The number of ketones is 1. The number of carbonyl (C=O) groups excluding carboxylic acids is 1. The maximum Gasteiger partial charge on any atom is 0.161 e. The second-order valence-electron chi connectivity index (χ2n) is 7.48. The molecule has 0 saturated heterocycles. The summed E-state index contributed by atoms with van der Waals surface area (Å²) in [6, 6.07) is 8.77. The summed E-state index contributed by atoms with van der Waals surface area (Å²) in [7, 11) is 0. The number of phenolic OH excluding ortho intramolecular Hbond substituents is 1. The third-order valence-corrected chi connectivity index (χ3v) is 5.60. The number of aromatic nitrogens is 2. The lowest BCUT2D eigenvalue weighted by atomic mass is 9.58. The summed E-state index contributed by atoms with van der Waals surface area (Å²) in [5.74, 6) is 7.67. The van der Waals surface area contributed by atoms with Crippen LogP contribution in [-0.2, 0) is 4.79 Å². The summed E-state index contributed by atoms with van der Waals surface area (Å²) >= 11 is 0. The van der Waals surface area contributed by atoms with Crippen molar-refractivity contribution in [2.45, 2.75) is 38.5 Å². The Hall–Kier alpha value is -2.87. The number of hydrogen-bond acceptors (Lipinski definition) is 5. The average molecular weight is 347 g/mol. The molecule has 5 nitrogen and oxygen atoms in total. The van der Waals surface area contributed by atoms with Gasteiger partial charge in [-0.25, -0.2) is 0 Å². The van der Waals surface area contributed by atoms with E-state index in [0.717, 1.165) is 38.5 Å². The third kappa shape index (κ3) is 3.15. The molecule has 0 atom stereocenters. The van der Waals surface area contributed by atoms with Gasteiger partial charge in [-0.15, -0.1) is 10.2 Å². The van der Waals surface area contributed by atoms with Crippen molar-refractivity contribution in [2.24, 2.45) is 11.3 Å². The quantitative estimate of drug-likeness (QED) is 0.773. The lowest BCUT2D eigenvalue weighted by Crippen LogP contribution is -2.40. The molecule has 2 aromatic rings. The molecule has 0 unspecified atom stereocenters. The molecule has 3 N–H and O–H groups in total. The van der Waals surface area contributed by atoms with Gasteiger partial charge >= 0.3 is 0 Å². The van der Waals surface area contributed by atoms with Crippen LogP contribution in [0.2, 0.25) is 0 Å². The predicted molar refractivity (Wildman–Crippen MR) is 99.1 cm³/mol. The minimum absolute atomic E-state index is 0.151. The maximum absolute atomic E-state index is 11.3. The lowest BCUT2D eigenvalue weighted by molar-refractivity contribution is -0.134. The van der Waals surface area contributed by atoms with Crippen LogP contribution in [0.25, 0.3) is 11.3 Å². The highest BCUT2D eigenvalue weighted by atomic mass is 16.3. The van der Waals surface area contributed by atoms with Gasteiger partial charge in [0.2, 0.25) is 0 Å². The summed E-state index contributed by atoms with van der Waals surface area (Å²) in [6.45, 7) is 0. The number of benzene rings is 1. The van der Waals surface area contributed by atoms with Crippen molar-refractivity contribution >= 4 is 11.6 Å².